The van der Waals surface area contributed by atoms with Crippen LogP contribution in [0.1, 0.15) is 34.0 Å². The number of cyclic esters (lactones) is 1. The number of esters is 1. The zero-order valence-corrected chi connectivity index (χ0v) is 15.6. The number of anilines is 1. The third-order valence-corrected chi connectivity index (χ3v) is 5.64. The average Bonchev–Trinajstić information content (AvgIpc) is 3.41. The van der Waals surface area contributed by atoms with Crippen molar-refractivity contribution in [2.45, 2.75) is 18.9 Å². The van der Waals surface area contributed by atoms with E-state index in [1.165, 1.54) is 16.9 Å². The minimum absolute atomic E-state index is 0.0633. The molecule has 2 aliphatic heterocycles. The number of aromatic nitrogens is 1. The predicted molar refractivity (Wildman–Crippen MR) is 105 cm³/mol. The molecule has 0 saturated carbocycles. The second-order valence-electron chi connectivity index (χ2n) is 6.69. The summed E-state index contributed by atoms with van der Waals surface area (Å²) >= 11 is 1.37. The number of thiazole rings is 1. The van der Waals surface area contributed by atoms with Crippen LogP contribution in [-0.4, -0.2) is 23.5 Å². The number of carbonyl (C=O) groups excluding carboxylic acids is 2. The van der Waals surface area contributed by atoms with Gasteiger partial charge in [0.25, 0.3) is 0 Å². The molecule has 1 amide bonds. The van der Waals surface area contributed by atoms with E-state index in [1.807, 2.05) is 29.6 Å². The Kier molecular flexibility index (Phi) is 4.09. The Balaban J connectivity index is 1.27. The molecule has 5 rings (SSSR count). The van der Waals surface area contributed by atoms with Crippen molar-refractivity contribution in [1.82, 2.24) is 4.98 Å². The van der Waals surface area contributed by atoms with Crippen molar-refractivity contribution in [2.75, 3.05) is 11.9 Å². The lowest BCUT2D eigenvalue weighted by molar-refractivity contribution is -0.118. The number of amides is 1. The molecule has 2 aliphatic rings. The van der Waals surface area contributed by atoms with Crippen molar-refractivity contribution in [2.24, 2.45) is 0 Å². The van der Waals surface area contributed by atoms with Gasteiger partial charge in [0.15, 0.2) is 5.13 Å². The molecular weight excluding hydrogens is 376 g/mol. The highest BCUT2D eigenvalue weighted by Gasteiger charge is 2.32. The van der Waals surface area contributed by atoms with E-state index >= 15 is 0 Å². The molecule has 28 heavy (non-hydrogen) atoms. The minimum Gasteiger partial charge on any atom is -0.493 e. The van der Waals surface area contributed by atoms with E-state index in [-0.39, 0.29) is 18.3 Å². The van der Waals surface area contributed by atoms with E-state index in [0.29, 0.717) is 17.3 Å². The topological polar surface area (TPSA) is 77.5 Å². The van der Waals surface area contributed by atoms with Crippen LogP contribution in [0.15, 0.2) is 47.8 Å². The van der Waals surface area contributed by atoms with E-state index in [2.05, 4.69) is 16.4 Å². The number of fused-ring (bicyclic) bond motifs is 2. The average molecular weight is 392 g/mol. The molecular formula is C21H16N2O4S. The normalized spacial score (nSPS) is 16.9. The first-order valence-corrected chi connectivity index (χ1v) is 9.87. The maximum Gasteiger partial charge on any atom is 0.339 e. The number of nitrogens with one attached hydrogen (secondary N) is 1. The zero-order valence-electron chi connectivity index (χ0n) is 14.8. The van der Waals surface area contributed by atoms with Gasteiger partial charge in [-0.05, 0) is 29.8 Å². The van der Waals surface area contributed by atoms with E-state index in [0.717, 1.165) is 29.0 Å². The number of ether oxygens (including phenoxy) is 2. The van der Waals surface area contributed by atoms with Crippen LogP contribution in [0.5, 0.6) is 5.75 Å². The zero-order chi connectivity index (χ0) is 19.1. The predicted octanol–water partition coefficient (Wildman–Crippen LogP) is 3.99. The highest BCUT2D eigenvalue weighted by Crippen LogP contribution is 2.34. The van der Waals surface area contributed by atoms with Crippen molar-refractivity contribution in [1.29, 1.82) is 0 Å². The highest BCUT2D eigenvalue weighted by molar-refractivity contribution is 7.14. The largest absolute Gasteiger partial charge is 0.493 e. The summed E-state index contributed by atoms with van der Waals surface area (Å²) in [5.74, 6) is 0.308. The molecule has 0 spiro atoms. The van der Waals surface area contributed by atoms with E-state index < -0.39 is 6.10 Å². The molecule has 3 heterocycles. The molecule has 7 heteroatoms. The standard InChI is InChI=1S/C21H16N2O4S/c24-19(10-18-14-3-1-2-4-15(14)20(25)27-18)23-21-22-16(11-28-21)12-5-6-17-13(9-12)7-8-26-17/h1-6,9,11,18H,7-8,10H2,(H,22,23,24)/t18-/m1/s1. The summed E-state index contributed by atoms with van der Waals surface area (Å²) < 4.78 is 10.9. The highest BCUT2D eigenvalue weighted by atomic mass is 32.1. The molecule has 2 aromatic carbocycles. The fraction of sp³-hybridized carbons (Fsp3) is 0.190. The van der Waals surface area contributed by atoms with Gasteiger partial charge in [0.2, 0.25) is 5.91 Å². The Labute approximate surface area is 165 Å². The lowest BCUT2D eigenvalue weighted by Crippen LogP contribution is -2.15. The summed E-state index contributed by atoms with van der Waals surface area (Å²) in [6.45, 7) is 0.714. The van der Waals surface area contributed by atoms with Crippen molar-refractivity contribution in [3.8, 4) is 17.0 Å². The summed E-state index contributed by atoms with van der Waals surface area (Å²) in [6.07, 6.45) is 0.409. The van der Waals surface area contributed by atoms with Gasteiger partial charge in [-0.3, -0.25) is 4.79 Å². The Morgan fingerprint density at radius 1 is 1.25 bits per heavy atom. The van der Waals surface area contributed by atoms with Gasteiger partial charge in [-0.1, -0.05) is 18.2 Å². The van der Waals surface area contributed by atoms with Crippen molar-refractivity contribution >= 4 is 28.3 Å². The van der Waals surface area contributed by atoms with Crippen LogP contribution in [0.4, 0.5) is 5.13 Å². The van der Waals surface area contributed by atoms with Gasteiger partial charge in [-0.25, -0.2) is 9.78 Å². The number of benzene rings is 2. The van der Waals surface area contributed by atoms with Gasteiger partial charge >= 0.3 is 5.97 Å². The number of nitrogens with zero attached hydrogens (tertiary/aromatic N) is 1. The second kappa shape index (κ2) is 6.76. The molecule has 6 nitrogen and oxygen atoms in total. The Hall–Kier alpha value is -3.19. The van der Waals surface area contributed by atoms with Gasteiger partial charge in [0.05, 0.1) is 24.3 Å². The lowest BCUT2D eigenvalue weighted by Gasteiger charge is -2.09. The van der Waals surface area contributed by atoms with Gasteiger partial charge in [-0.2, -0.15) is 0 Å². The third-order valence-electron chi connectivity index (χ3n) is 4.88. The SMILES string of the molecule is O=C(C[C@H]1OC(=O)c2ccccc21)Nc1nc(-c2ccc3c(c2)CCO3)cs1. The summed E-state index contributed by atoms with van der Waals surface area (Å²) in [6, 6.07) is 13.2. The summed E-state index contributed by atoms with van der Waals surface area (Å²) in [4.78, 5) is 28.8. The molecule has 1 aromatic heterocycles. The summed E-state index contributed by atoms with van der Waals surface area (Å²) in [5.41, 5.74) is 4.27. The van der Waals surface area contributed by atoms with E-state index in [4.69, 9.17) is 9.47 Å². The quantitative estimate of drug-likeness (QED) is 0.680. The fourth-order valence-corrected chi connectivity index (χ4v) is 4.26. The second-order valence-corrected chi connectivity index (χ2v) is 7.55. The Morgan fingerprint density at radius 3 is 3.07 bits per heavy atom. The molecule has 3 aromatic rings. The van der Waals surface area contributed by atoms with Crippen molar-refractivity contribution in [3.05, 3.63) is 64.5 Å². The first-order valence-electron chi connectivity index (χ1n) is 8.99. The molecule has 140 valence electrons. The smallest absolute Gasteiger partial charge is 0.339 e. The number of carbonyl (C=O) groups is 2. The van der Waals surface area contributed by atoms with Crippen LogP contribution in [0.3, 0.4) is 0 Å². The molecule has 0 fully saturated rings. The molecule has 0 unspecified atom stereocenters. The molecule has 0 radical (unpaired) electrons. The van der Waals surface area contributed by atoms with Crippen LogP contribution in [0.25, 0.3) is 11.3 Å². The fourth-order valence-electron chi connectivity index (χ4n) is 3.52. The Bertz CT molecular complexity index is 1090. The van der Waals surface area contributed by atoms with Gasteiger partial charge in [0, 0.05) is 22.9 Å². The van der Waals surface area contributed by atoms with Gasteiger partial charge in [-0.15, -0.1) is 11.3 Å². The molecule has 0 saturated heterocycles. The maximum absolute atomic E-state index is 12.4. The van der Waals surface area contributed by atoms with Crippen LogP contribution in [-0.2, 0) is 16.0 Å². The maximum atomic E-state index is 12.4. The summed E-state index contributed by atoms with van der Waals surface area (Å²) in [5, 5.41) is 5.25. The molecule has 1 atom stereocenters. The monoisotopic (exact) mass is 392 g/mol. The first kappa shape index (κ1) is 16.9. The van der Waals surface area contributed by atoms with Crippen LogP contribution in [0, 0.1) is 0 Å². The van der Waals surface area contributed by atoms with Crippen molar-refractivity contribution < 1.29 is 19.1 Å². The Morgan fingerprint density at radius 2 is 2.14 bits per heavy atom. The lowest BCUT2D eigenvalue weighted by atomic mass is 10.0. The van der Waals surface area contributed by atoms with Crippen LogP contribution in [0.2, 0.25) is 0 Å². The number of hydrogen-bond acceptors (Lipinski definition) is 6. The number of rotatable bonds is 4. The van der Waals surface area contributed by atoms with E-state index in [1.54, 1.807) is 12.1 Å². The van der Waals surface area contributed by atoms with Crippen LogP contribution >= 0.6 is 11.3 Å². The molecule has 1 N–H and O–H groups in total. The third kappa shape index (κ3) is 3.03. The van der Waals surface area contributed by atoms with Gasteiger partial charge < -0.3 is 14.8 Å². The summed E-state index contributed by atoms with van der Waals surface area (Å²) in [7, 11) is 0. The van der Waals surface area contributed by atoms with Gasteiger partial charge in [0.1, 0.15) is 11.9 Å². The first-order chi connectivity index (χ1) is 13.7. The minimum atomic E-state index is -0.556. The number of hydrogen-bond donors (Lipinski definition) is 1. The van der Waals surface area contributed by atoms with Crippen molar-refractivity contribution in [3.63, 3.8) is 0 Å². The molecule has 0 bridgehead atoms. The molecule has 0 aliphatic carbocycles. The van der Waals surface area contributed by atoms with Crippen LogP contribution < -0.4 is 10.1 Å². The van der Waals surface area contributed by atoms with E-state index in [9.17, 15) is 9.59 Å².